The molecule has 18 heavy (non-hydrogen) atoms. The number of rotatable bonds is 5. The fourth-order valence-electron chi connectivity index (χ4n) is 1.60. The monoisotopic (exact) mass is 245 g/mol. The highest BCUT2D eigenvalue weighted by Gasteiger charge is 2.13. The Labute approximate surface area is 105 Å². The summed E-state index contributed by atoms with van der Waals surface area (Å²) in [4.78, 5) is 11.7. The number of nitrogens with two attached hydrogens (primary N) is 1. The molecule has 94 valence electrons. The predicted octanol–water partition coefficient (Wildman–Crippen LogP) is 0.861. The van der Waals surface area contributed by atoms with Crippen molar-refractivity contribution in [2.75, 3.05) is 0 Å². The van der Waals surface area contributed by atoms with Gasteiger partial charge < -0.3 is 15.6 Å². The molecule has 0 aliphatic rings. The van der Waals surface area contributed by atoms with Crippen molar-refractivity contribution in [2.45, 2.75) is 19.0 Å². The molecule has 0 bridgehead atoms. The molecule has 2 aromatic rings. The third-order valence-corrected chi connectivity index (χ3v) is 2.56. The van der Waals surface area contributed by atoms with Crippen LogP contribution in [-0.2, 0) is 17.8 Å². The second kappa shape index (κ2) is 5.97. The van der Waals surface area contributed by atoms with Crippen LogP contribution in [0.3, 0.4) is 0 Å². The summed E-state index contributed by atoms with van der Waals surface area (Å²) in [7, 11) is 0. The summed E-state index contributed by atoms with van der Waals surface area (Å²) in [6.07, 6.45) is 2.05. The van der Waals surface area contributed by atoms with Gasteiger partial charge in [-0.1, -0.05) is 35.5 Å². The summed E-state index contributed by atoms with van der Waals surface area (Å²) in [6.45, 7) is 0.307. The van der Waals surface area contributed by atoms with Crippen LogP contribution in [0.15, 0.2) is 47.1 Å². The van der Waals surface area contributed by atoms with Gasteiger partial charge in [0.2, 0.25) is 5.91 Å². The number of benzene rings is 1. The molecule has 0 radical (unpaired) electrons. The molecule has 0 aliphatic carbocycles. The summed E-state index contributed by atoms with van der Waals surface area (Å²) >= 11 is 0. The van der Waals surface area contributed by atoms with Crippen molar-refractivity contribution < 1.29 is 9.32 Å². The molecule has 0 saturated carbocycles. The van der Waals surface area contributed by atoms with Crippen molar-refractivity contribution in [1.29, 1.82) is 0 Å². The Bertz CT molecular complexity index is 482. The molecule has 1 heterocycles. The van der Waals surface area contributed by atoms with Gasteiger partial charge in [0, 0.05) is 6.07 Å². The number of hydrogen-bond donors (Lipinski definition) is 2. The van der Waals surface area contributed by atoms with Crippen molar-refractivity contribution in [3.63, 3.8) is 0 Å². The van der Waals surface area contributed by atoms with E-state index in [9.17, 15) is 4.79 Å². The first-order chi connectivity index (χ1) is 8.75. The first-order valence-corrected chi connectivity index (χ1v) is 5.72. The zero-order valence-electron chi connectivity index (χ0n) is 9.87. The molecule has 0 fully saturated rings. The topological polar surface area (TPSA) is 81.2 Å². The molecule has 0 unspecified atom stereocenters. The molecule has 0 aliphatic heterocycles. The maximum atomic E-state index is 11.7. The van der Waals surface area contributed by atoms with E-state index in [1.807, 2.05) is 30.3 Å². The molecule has 3 N–H and O–H groups in total. The second-order valence-electron chi connectivity index (χ2n) is 3.99. The maximum absolute atomic E-state index is 11.7. The Morgan fingerprint density at radius 3 is 2.78 bits per heavy atom. The molecular weight excluding hydrogens is 230 g/mol. The van der Waals surface area contributed by atoms with E-state index in [2.05, 4.69) is 10.5 Å². The predicted molar refractivity (Wildman–Crippen MR) is 66.5 cm³/mol. The standard InChI is InChI=1S/C13H15N3O2/c14-12(8-10-4-2-1-3-5-10)13(17)15-9-11-6-7-16-18-11/h1-7,12H,8-9,14H2,(H,15,17)/t12-/m1/s1. The van der Waals surface area contributed by atoms with Gasteiger partial charge in [-0.2, -0.15) is 0 Å². The first-order valence-electron chi connectivity index (χ1n) is 5.72. The third kappa shape index (κ3) is 3.43. The maximum Gasteiger partial charge on any atom is 0.237 e. The minimum Gasteiger partial charge on any atom is -0.360 e. The van der Waals surface area contributed by atoms with Crippen LogP contribution in [0.5, 0.6) is 0 Å². The van der Waals surface area contributed by atoms with Crippen LogP contribution in [-0.4, -0.2) is 17.1 Å². The Morgan fingerprint density at radius 1 is 1.33 bits per heavy atom. The minimum atomic E-state index is -0.560. The zero-order valence-corrected chi connectivity index (χ0v) is 9.87. The number of carbonyl (C=O) groups excluding carboxylic acids is 1. The van der Waals surface area contributed by atoms with Gasteiger partial charge in [-0.15, -0.1) is 0 Å². The smallest absolute Gasteiger partial charge is 0.237 e. The number of hydrogen-bond acceptors (Lipinski definition) is 4. The zero-order chi connectivity index (χ0) is 12.8. The van der Waals surface area contributed by atoms with Crippen LogP contribution in [0.1, 0.15) is 11.3 Å². The van der Waals surface area contributed by atoms with E-state index in [4.69, 9.17) is 10.3 Å². The van der Waals surface area contributed by atoms with E-state index in [1.165, 1.54) is 6.20 Å². The van der Waals surface area contributed by atoms with Crippen LogP contribution in [0.4, 0.5) is 0 Å². The molecule has 2 rings (SSSR count). The van der Waals surface area contributed by atoms with Crippen LogP contribution >= 0.6 is 0 Å². The Balaban J connectivity index is 1.82. The van der Waals surface area contributed by atoms with E-state index in [0.717, 1.165) is 5.56 Å². The number of aromatic nitrogens is 1. The first kappa shape index (κ1) is 12.3. The minimum absolute atomic E-state index is 0.199. The fraction of sp³-hybridized carbons (Fsp3) is 0.231. The quantitative estimate of drug-likeness (QED) is 0.818. The van der Waals surface area contributed by atoms with Crippen molar-refractivity contribution in [3.05, 3.63) is 53.9 Å². The number of amides is 1. The molecule has 1 amide bonds. The van der Waals surface area contributed by atoms with Gasteiger partial charge in [-0.3, -0.25) is 4.79 Å². The van der Waals surface area contributed by atoms with Crippen LogP contribution in [0.25, 0.3) is 0 Å². The Morgan fingerprint density at radius 2 is 2.11 bits per heavy atom. The van der Waals surface area contributed by atoms with Crippen molar-refractivity contribution >= 4 is 5.91 Å². The molecular formula is C13H15N3O2. The summed E-state index contributed by atoms with van der Waals surface area (Å²) in [5.74, 6) is 0.408. The van der Waals surface area contributed by atoms with E-state index in [0.29, 0.717) is 18.7 Å². The second-order valence-corrected chi connectivity index (χ2v) is 3.99. The van der Waals surface area contributed by atoms with Gasteiger partial charge in [-0.25, -0.2) is 0 Å². The molecule has 0 saturated heterocycles. The van der Waals surface area contributed by atoms with Gasteiger partial charge >= 0.3 is 0 Å². The molecule has 1 aromatic carbocycles. The SMILES string of the molecule is N[C@H](Cc1ccccc1)C(=O)NCc1ccno1. The normalized spacial score (nSPS) is 12.1. The number of nitrogens with zero attached hydrogens (tertiary/aromatic N) is 1. The Kier molecular flexibility index (Phi) is 4.09. The lowest BCUT2D eigenvalue weighted by atomic mass is 10.1. The molecule has 5 nitrogen and oxygen atoms in total. The van der Waals surface area contributed by atoms with E-state index in [-0.39, 0.29) is 5.91 Å². The molecule has 1 aromatic heterocycles. The highest BCUT2D eigenvalue weighted by atomic mass is 16.5. The number of carbonyl (C=O) groups is 1. The van der Waals surface area contributed by atoms with E-state index >= 15 is 0 Å². The summed E-state index contributed by atoms with van der Waals surface area (Å²) in [6, 6.07) is 10.8. The van der Waals surface area contributed by atoms with E-state index in [1.54, 1.807) is 6.07 Å². The summed E-state index contributed by atoms with van der Waals surface area (Å²) < 4.78 is 4.88. The van der Waals surface area contributed by atoms with Crippen molar-refractivity contribution in [1.82, 2.24) is 10.5 Å². The fourth-order valence-corrected chi connectivity index (χ4v) is 1.60. The lowest BCUT2D eigenvalue weighted by Crippen LogP contribution is -2.41. The van der Waals surface area contributed by atoms with Crippen LogP contribution in [0.2, 0.25) is 0 Å². The summed E-state index contributed by atoms with van der Waals surface area (Å²) in [5, 5.41) is 6.26. The van der Waals surface area contributed by atoms with Crippen molar-refractivity contribution in [2.24, 2.45) is 5.73 Å². The largest absolute Gasteiger partial charge is 0.360 e. The molecule has 5 heteroatoms. The van der Waals surface area contributed by atoms with Crippen LogP contribution < -0.4 is 11.1 Å². The summed E-state index contributed by atoms with van der Waals surface area (Å²) in [5.41, 5.74) is 6.87. The van der Waals surface area contributed by atoms with E-state index < -0.39 is 6.04 Å². The lowest BCUT2D eigenvalue weighted by molar-refractivity contribution is -0.122. The van der Waals surface area contributed by atoms with Gasteiger partial charge in [0.25, 0.3) is 0 Å². The molecule has 1 atom stereocenters. The lowest BCUT2D eigenvalue weighted by Gasteiger charge is -2.11. The average Bonchev–Trinajstić information content (AvgIpc) is 2.90. The highest BCUT2D eigenvalue weighted by molar-refractivity contribution is 5.81. The van der Waals surface area contributed by atoms with Crippen molar-refractivity contribution in [3.8, 4) is 0 Å². The Hall–Kier alpha value is -2.14. The number of nitrogens with one attached hydrogen (secondary N) is 1. The average molecular weight is 245 g/mol. The molecule has 0 spiro atoms. The third-order valence-electron chi connectivity index (χ3n) is 2.56. The van der Waals surface area contributed by atoms with Gasteiger partial charge in [0.1, 0.15) is 0 Å². The van der Waals surface area contributed by atoms with Crippen LogP contribution in [0, 0.1) is 0 Å². The van der Waals surface area contributed by atoms with Gasteiger partial charge in [0.05, 0.1) is 18.8 Å². The van der Waals surface area contributed by atoms with Gasteiger partial charge in [-0.05, 0) is 12.0 Å². The van der Waals surface area contributed by atoms with Gasteiger partial charge in [0.15, 0.2) is 5.76 Å². The highest BCUT2D eigenvalue weighted by Crippen LogP contribution is 2.02.